The molecule has 0 saturated carbocycles. The van der Waals surface area contributed by atoms with E-state index in [2.05, 4.69) is 31.1 Å². The first-order valence-electron chi connectivity index (χ1n) is 8.88. The molecule has 0 aliphatic carbocycles. The Morgan fingerprint density at radius 1 is 1.32 bits per heavy atom. The predicted octanol–water partition coefficient (Wildman–Crippen LogP) is 3.98. The Balaban J connectivity index is 1.87. The maximum absolute atomic E-state index is 13.1. The zero-order valence-corrected chi connectivity index (χ0v) is 16.0. The van der Waals surface area contributed by atoms with Crippen LogP contribution >= 0.6 is 11.3 Å². The Morgan fingerprint density at radius 3 is 2.76 bits per heavy atom. The van der Waals surface area contributed by atoms with Gasteiger partial charge < -0.3 is 14.5 Å². The van der Waals surface area contributed by atoms with Gasteiger partial charge in [0.05, 0.1) is 6.61 Å². The average Bonchev–Trinajstić information content (AvgIpc) is 3.06. The highest BCUT2D eigenvalue weighted by molar-refractivity contribution is 7.17. The minimum Gasteiger partial charge on any atom is -0.492 e. The maximum atomic E-state index is 13.1. The summed E-state index contributed by atoms with van der Waals surface area (Å²) < 4.78 is 5.78. The smallest absolute Gasteiger partial charge is 0.267 e. The maximum Gasteiger partial charge on any atom is 0.267 e. The van der Waals surface area contributed by atoms with Crippen LogP contribution in [0.3, 0.4) is 0 Å². The molecule has 0 bridgehead atoms. The quantitative estimate of drug-likeness (QED) is 0.810. The lowest BCUT2D eigenvalue weighted by Gasteiger charge is -2.36. The molecule has 1 aliphatic heterocycles. The molecule has 0 N–H and O–H groups in total. The van der Waals surface area contributed by atoms with E-state index in [-0.39, 0.29) is 5.91 Å². The number of thiophene rings is 1. The number of ether oxygens (including phenoxy) is 1. The van der Waals surface area contributed by atoms with Crippen LogP contribution in [0.2, 0.25) is 0 Å². The van der Waals surface area contributed by atoms with Gasteiger partial charge >= 0.3 is 0 Å². The van der Waals surface area contributed by atoms with Crippen molar-refractivity contribution in [1.29, 1.82) is 0 Å². The van der Waals surface area contributed by atoms with Gasteiger partial charge in [-0.1, -0.05) is 30.3 Å². The van der Waals surface area contributed by atoms with Crippen LogP contribution in [0.25, 0.3) is 10.4 Å². The van der Waals surface area contributed by atoms with Crippen LogP contribution in [0.5, 0.6) is 5.75 Å². The number of amides is 1. The summed E-state index contributed by atoms with van der Waals surface area (Å²) in [5.74, 6) is 0.811. The van der Waals surface area contributed by atoms with Gasteiger partial charge in [-0.15, -0.1) is 11.3 Å². The van der Waals surface area contributed by atoms with Gasteiger partial charge in [0, 0.05) is 24.0 Å². The topological polar surface area (TPSA) is 32.8 Å². The van der Waals surface area contributed by atoms with E-state index in [9.17, 15) is 4.79 Å². The highest BCUT2D eigenvalue weighted by Gasteiger charge is 2.29. The van der Waals surface area contributed by atoms with Gasteiger partial charge in [-0.3, -0.25) is 4.79 Å². The van der Waals surface area contributed by atoms with Crippen LogP contribution in [0.15, 0.2) is 36.4 Å². The fraction of sp³-hybridized carbons (Fsp3) is 0.450. The number of carbonyl (C=O) groups excluding carboxylic acids is 1. The second-order valence-electron chi connectivity index (χ2n) is 6.61. The second-order valence-corrected chi connectivity index (χ2v) is 7.67. The molecule has 2 aromatic rings. The summed E-state index contributed by atoms with van der Waals surface area (Å²) in [4.78, 5) is 19.1. The summed E-state index contributed by atoms with van der Waals surface area (Å²) >= 11 is 1.53. The lowest BCUT2D eigenvalue weighted by atomic mass is 10.0. The predicted molar refractivity (Wildman–Crippen MR) is 104 cm³/mol. The molecule has 1 aliphatic rings. The van der Waals surface area contributed by atoms with Crippen molar-refractivity contribution in [3.05, 3.63) is 41.3 Å². The summed E-state index contributed by atoms with van der Waals surface area (Å²) in [6.45, 7) is 4.13. The summed E-state index contributed by atoms with van der Waals surface area (Å²) in [6, 6.07) is 12.6. The first-order valence-corrected chi connectivity index (χ1v) is 9.69. The third kappa shape index (κ3) is 4.05. The molecule has 1 aromatic heterocycles. The molecule has 5 heteroatoms. The van der Waals surface area contributed by atoms with Gasteiger partial charge in [0.25, 0.3) is 5.91 Å². The van der Waals surface area contributed by atoms with Gasteiger partial charge in [0.1, 0.15) is 10.6 Å². The van der Waals surface area contributed by atoms with Crippen LogP contribution in [-0.2, 0) is 0 Å². The van der Waals surface area contributed by atoms with Gasteiger partial charge in [0.15, 0.2) is 0 Å². The number of likely N-dealkylation sites (tertiary alicyclic amines) is 1. The van der Waals surface area contributed by atoms with Crippen LogP contribution in [0, 0.1) is 0 Å². The normalized spacial score (nSPS) is 17.8. The number of nitrogens with zero attached hydrogens (tertiary/aromatic N) is 2. The Labute approximate surface area is 154 Å². The molecule has 1 aromatic carbocycles. The molecule has 1 atom stereocenters. The van der Waals surface area contributed by atoms with E-state index in [0.717, 1.165) is 41.2 Å². The first-order chi connectivity index (χ1) is 12.1. The van der Waals surface area contributed by atoms with Crippen LogP contribution < -0.4 is 4.74 Å². The van der Waals surface area contributed by atoms with Gasteiger partial charge in [-0.05, 0) is 45.5 Å². The van der Waals surface area contributed by atoms with Crippen molar-refractivity contribution in [3.63, 3.8) is 0 Å². The fourth-order valence-corrected chi connectivity index (χ4v) is 4.31. The van der Waals surface area contributed by atoms with Crippen molar-refractivity contribution in [1.82, 2.24) is 9.80 Å². The average molecular weight is 359 g/mol. The van der Waals surface area contributed by atoms with E-state index in [0.29, 0.717) is 18.4 Å². The number of likely N-dealkylation sites (N-methyl/N-ethyl adjacent to an activating group) is 1. The van der Waals surface area contributed by atoms with E-state index in [4.69, 9.17) is 4.74 Å². The van der Waals surface area contributed by atoms with E-state index in [1.165, 1.54) is 11.3 Å². The van der Waals surface area contributed by atoms with E-state index in [1.807, 2.05) is 36.1 Å². The Morgan fingerprint density at radius 2 is 2.08 bits per heavy atom. The highest BCUT2D eigenvalue weighted by atomic mass is 32.1. The molecule has 25 heavy (non-hydrogen) atoms. The third-order valence-corrected chi connectivity index (χ3v) is 5.82. The number of benzene rings is 1. The SMILES string of the molecule is CCOc1cc(-c2ccccc2)sc1C(=O)N1CCCC(N(C)C)C1. The lowest BCUT2D eigenvalue weighted by molar-refractivity contribution is 0.0636. The molecule has 134 valence electrons. The van der Waals surface area contributed by atoms with Gasteiger partial charge in [-0.2, -0.15) is 0 Å². The zero-order valence-electron chi connectivity index (χ0n) is 15.2. The van der Waals surface area contributed by atoms with Crippen molar-refractivity contribution in [2.24, 2.45) is 0 Å². The van der Waals surface area contributed by atoms with Crippen molar-refractivity contribution in [2.45, 2.75) is 25.8 Å². The molecular formula is C20H26N2O2S. The van der Waals surface area contributed by atoms with Crippen molar-refractivity contribution in [2.75, 3.05) is 33.8 Å². The number of hydrogen-bond donors (Lipinski definition) is 0. The summed E-state index contributed by atoms with van der Waals surface area (Å²) in [6.07, 6.45) is 2.20. The van der Waals surface area contributed by atoms with Crippen LogP contribution in [-0.4, -0.2) is 55.5 Å². The third-order valence-electron chi connectivity index (χ3n) is 4.66. The van der Waals surface area contributed by atoms with E-state index in [1.54, 1.807) is 0 Å². The Hall–Kier alpha value is -1.85. The summed E-state index contributed by atoms with van der Waals surface area (Å²) in [5, 5.41) is 0. The number of hydrogen-bond acceptors (Lipinski definition) is 4. The Kier molecular flexibility index (Phi) is 5.76. The largest absolute Gasteiger partial charge is 0.492 e. The minimum atomic E-state index is 0.0992. The molecule has 1 saturated heterocycles. The fourth-order valence-electron chi connectivity index (χ4n) is 3.24. The first kappa shape index (κ1) is 18.0. The molecule has 0 radical (unpaired) electrons. The zero-order chi connectivity index (χ0) is 17.8. The molecule has 0 spiro atoms. The van der Waals surface area contributed by atoms with Gasteiger partial charge in [-0.25, -0.2) is 0 Å². The van der Waals surface area contributed by atoms with Crippen molar-refractivity contribution in [3.8, 4) is 16.2 Å². The summed E-state index contributed by atoms with van der Waals surface area (Å²) in [7, 11) is 4.17. The standard InChI is InChI=1S/C20H26N2O2S/c1-4-24-17-13-18(15-9-6-5-7-10-15)25-19(17)20(23)22-12-8-11-16(14-22)21(2)3/h5-7,9-10,13,16H,4,8,11-12,14H2,1-3H3. The number of carbonyl (C=O) groups is 1. The van der Waals surface area contributed by atoms with Crippen molar-refractivity contribution < 1.29 is 9.53 Å². The van der Waals surface area contributed by atoms with Crippen LogP contribution in [0.1, 0.15) is 29.4 Å². The van der Waals surface area contributed by atoms with E-state index < -0.39 is 0 Å². The number of piperidine rings is 1. The Bertz CT molecular complexity index is 712. The molecule has 1 amide bonds. The van der Waals surface area contributed by atoms with Crippen molar-refractivity contribution >= 4 is 17.2 Å². The lowest BCUT2D eigenvalue weighted by Crippen LogP contribution is -2.47. The minimum absolute atomic E-state index is 0.0992. The monoisotopic (exact) mass is 358 g/mol. The molecule has 1 unspecified atom stereocenters. The molecule has 3 rings (SSSR count). The molecule has 4 nitrogen and oxygen atoms in total. The van der Waals surface area contributed by atoms with E-state index >= 15 is 0 Å². The molecule has 1 fully saturated rings. The number of rotatable bonds is 5. The second kappa shape index (κ2) is 8.02. The molecule has 2 heterocycles. The molecular weight excluding hydrogens is 332 g/mol. The van der Waals surface area contributed by atoms with Crippen LogP contribution in [0.4, 0.5) is 0 Å². The highest BCUT2D eigenvalue weighted by Crippen LogP contribution is 2.37. The van der Waals surface area contributed by atoms with Gasteiger partial charge in [0.2, 0.25) is 0 Å². The summed E-state index contributed by atoms with van der Waals surface area (Å²) in [5.41, 5.74) is 1.12.